The van der Waals surface area contributed by atoms with E-state index in [4.69, 9.17) is 0 Å². The second-order valence-corrected chi connectivity index (χ2v) is 5.43. The predicted molar refractivity (Wildman–Crippen MR) is 75.5 cm³/mol. The van der Waals surface area contributed by atoms with Crippen molar-refractivity contribution >= 4 is 0 Å². The van der Waals surface area contributed by atoms with Crippen LogP contribution in [0.3, 0.4) is 0 Å². The summed E-state index contributed by atoms with van der Waals surface area (Å²) in [5, 5.41) is 3.56. The molecule has 2 unspecified atom stereocenters. The summed E-state index contributed by atoms with van der Waals surface area (Å²) < 4.78 is 0. The van der Waals surface area contributed by atoms with Crippen molar-refractivity contribution in [3.8, 4) is 0 Å². The molecule has 102 valence electrons. The molecule has 1 N–H and O–H groups in total. The number of likely N-dealkylation sites (N-methyl/N-ethyl adjacent to an activating group) is 1. The van der Waals surface area contributed by atoms with E-state index in [0.717, 1.165) is 17.9 Å². The molecule has 0 aliphatic heterocycles. The highest BCUT2D eigenvalue weighted by atomic mass is 15.1. The molecule has 0 fully saturated rings. The average Bonchev–Trinajstić information content (AvgIpc) is 2.28. The first-order chi connectivity index (χ1) is 8.43. The molecule has 0 aromatic carbocycles. The van der Waals surface area contributed by atoms with Crippen LogP contribution in [0, 0.1) is 12.8 Å². The number of aromatic nitrogens is 2. The van der Waals surface area contributed by atoms with Crippen LogP contribution in [0.25, 0.3) is 0 Å². The number of aryl methyl sites for hydroxylation is 1. The Labute approximate surface area is 111 Å². The van der Waals surface area contributed by atoms with E-state index in [9.17, 15) is 0 Å². The zero-order valence-electron chi connectivity index (χ0n) is 12.4. The van der Waals surface area contributed by atoms with Gasteiger partial charge in [-0.2, -0.15) is 0 Å². The van der Waals surface area contributed by atoms with Crippen molar-refractivity contribution in [3.05, 3.63) is 23.8 Å². The van der Waals surface area contributed by atoms with Gasteiger partial charge in [-0.1, -0.05) is 13.8 Å². The first-order valence-corrected chi connectivity index (χ1v) is 6.60. The minimum atomic E-state index is 0.236. The minimum absolute atomic E-state index is 0.236. The van der Waals surface area contributed by atoms with Crippen molar-refractivity contribution in [3.63, 3.8) is 0 Å². The second kappa shape index (κ2) is 6.81. The molecule has 1 aromatic heterocycles. The third-order valence-electron chi connectivity index (χ3n) is 3.40. The van der Waals surface area contributed by atoms with E-state index in [0.29, 0.717) is 12.0 Å². The number of nitrogens with zero attached hydrogens (tertiary/aromatic N) is 3. The second-order valence-electron chi connectivity index (χ2n) is 5.43. The van der Waals surface area contributed by atoms with Crippen LogP contribution in [0.1, 0.15) is 38.2 Å². The highest BCUT2D eigenvalue weighted by Crippen LogP contribution is 2.13. The molecular formula is C14H26N4. The van der Waals surface area contributed by atoms with Crippen LogP contribution in [0.5, 0.6) is 0 Å². The summed E-state index contributed by atoms with van der Waals surface area (Å²) in [4.78, 5) is 11.0. The molecule has 1 heterocycles. The third kappa shape index (κ3) is 4.03. The zero-order valence-corrected chi connectivity index (χ0v) is 12.4. The Morgan fingerprint density at radius 2 is 1.78 bits per heavy atom. The van der Waals surface area contributed by atoms with Gasteiger partial charge >= 0.3 is 0 Å². The fourth-order valence-electron chi connectivity index (χ4n) is 2.25. The Balaban J connectivity index is 2.60. The highest BCUT2D eigenvalue weighted by molar-refractivity contribution is 5.12. The maximum Gasteiger partial charge on any atom is 0.0782 e. The average molecular weight is 250 g/mol. The molecule has 4 heteroatoms. The maximum atomic E-state index is 4.41. The lowest BCUT2D eigenvalue weighted by molar-refractivity contribution is 0.219. The Bertz CT molecular complexity index is 355. The summed E-state index contributed by atoms with van der Waals surface area (Å²) in [5.41, 5.74) is 2.04. The standard InChI is InChI=1S/C14H26N4/c1-10(2)13(18(5)6)9-17-12(4)14-11(3)15-7-8-16-14/h7-8,10,12-13,17H,9H2,1-6H3. The molecule has 0 saturated carbocycles. The lowest BCUT2D eigenvalue weighted by Crippen LogP contribution is -2.42. The maximum absolute atomic E-state index is 4.41. The van der Waals surface area contributed by atoms with Crippen molar-refractivity contribution in [2.45, 2.75) is 39.8 Å². The van der Waals surface area contributed by atoms with E-state index in [1.165, 1.54) is 0 Å². The lowest BCUT2D eigenvalue weighted by atomic mass is 10.0. The van der Waals surface area contributed by atoms with Crippen LogP contribution in [0.2, 0.25) is 0 Å². The Morgan fingerprint density at radius 3 is 2.28 bits per heavy atom. The van der Waals surface area contributed by atoms with Crippen LogP contribution < -0.4 is 5.32 Å². The van der Waals surface area contributed by atoms with Crippen LogP contribution in [-0.4, -0.2) is 41.5 Å². The summed E-state index contributed by atoms with van der Waals surface area (Å²) in [5.74, 6) is 0.627. The topological polar surface area (TPSA) is 41.1 Å². The van der Waals surface area contributed by atoms with E-state index < -0.39 is 0 Å². The summed E-state index contributed by atoms with van der Waals surface area (Å²) >= 11 is 0. The number of rotatable bonds is 6. The van der Waals surface area contributed by atoms with Crippen LogP contribution in [-0.2, 0) is 0 Å². The largest absolute Gasteiger partial charge is 0.307 e. The van der Waals surface area contributed by atoms with E-state index in [2.05, 4.69) is 55.1 Å². The van der Waals surface area contributed by atoms with Crippen molar-refractivity contribution < 1.29 is 0 Å². The van der Waals surface area contributed by atoms with Crippen LogP contribution >= 0.6 is 0 Å². The molecule has 0 aliphatic carbocycles. The molecule has 0 amide bonds. The monoisotopic (exact) mass is 250 g/mol. The first kappa shape index (κ1) is 15.1. The number of hydrogen-bond donors (Lipinski definition) is 1. The van der Waals surface area contributed by atoms with Gasteiger partial charge in [0.2, 0.25) is 0 Å². The summed E-state index contributed by atoms with van der Waals surface area (Å²) in [6.07, 6.45) is 3.49. The number of hydrogen-bond acceptors (Lipinski definition) is 4. The molecule has 18 heavy (non-hydrogen) atoms. The normalized spacial score (nSPS) is 15.1. The van der Waals surface area contributed by atoms with Gasteiger partial charge in [-0.15, -0.1) is 0 Å². The van der Waals surface area contributed by atoms with Crippen molar-refractivity contribution in [1.82, 2.24) is 20.2 Å². The molecule has 0 spiro atoms. The molecule has 0 bridgehead atoms. The molecule has 0 aliphatic rings. The molecular weight excluding hydrogens is 224 g/mol. The molecule has 1 rings (SSSR count). The van der Waals surface area contributed by atoms with E-state index in [-0.39, 0.29) is 6.04 Å². The first-order valence-electron chi connectivity index (χ1n) is 6.60. The Morgan fingerprint density at radius 1 is 1.17 bits per heavy atom. The van der Waals surface area contributed by atoms with Gasteiger partial charge in [-0.05, 0) is 33.9 Å². The Kier molecular flexibility index (Phi) is 5.69. The summed E-state index contributed by atoms with van der Waals surface area (Å²) in [6, 6.07) is 0.768. The van der Waals surface area contributed by atoms with Crippen molar-refractivity contribution in [1.29, 1.82) is 0 Å². The van der Waals surface area contributed by atoms with E-state index in [1.807, 2.05) is 6.92 Å². The quantitative estimate of drug-likeness (QED) is 0.838. The third-order valence-corrected chi connectivity index (χ3v) is 3.40. The SMILES string of the molecule is Cc1nccnc1C(C)NCC(C(C)C)N(C)C. The molecule has 4 nitrogen and oxygen atoms in total. The lowest BCUT2D eigenvalue weighted by Gasteiger charge is -2.29. The van der Waals surface area contributed by atoms with Crippen LogP contribution in [0.4, 0.5) is 0 Å². The summed E-state index contributed by atoms with van der Waals surface area (Å²) in [7, 11) is 4.26. The molecule has 2 atom stereocenters. The highest BCUT2D eigenvalue weighted by Gasteiger charge is 2.17. The van der Waals surface area contributed by atoms with Gasteiger partial charge in [0, 0.05) is 31.0 Å². The smallest absolute Gasteiger partial charge is 0.0782 e. The fourth-order valence-corrected chi connectivity index (χ4v) is 2.25. The van der Waals surface area contributed by atoms with Gasteiger partial charge < -0.3 is 10.2 Å². The van der Waals surface area contributed by atoms with Crippen molar-refractivity contribution in [2.24, 2.45) is 5.92 Å². The summed E-state index contributed by atoms with van der Waals surface area (Å²) in [6.45, 7) is 9.62. The molecule has 1 aromatic rings. The van der Waals surface area contributed by atoms with Crippen LogP contribution in [0.15, 0.2) is 12.4 Å². The zero-order chi connectivity index (χ0) is 13.7. The van der Waals surface area contributed by atoms with Gasteiger partial charge in [0.15, 0.2) is 0 Å². The predicted octanol–water partition coefficient (Wildman–Crippen LogP) is 2.02. The molecule has 0 radical (unpaired) electrons. The number of nitrogens with one attached hydrogen (secondary N) is 1. The van der Waals surface area contributed by atoms with Gasteiger partial charge in [0.25, 0.3) is 0 Å². The Hall–Kier alpha value is -1.00. The van der Waals surface area contributed by atoms with Gasteiger partial charge in [-0.25, -0.2) is 0 Å². The van der Waals surface area contributed by atoms with Crippen molar-refractivity contribution in [2.75, 3.05) is 20.6 Å². The van der Waals surface area contributed by atoms with Gasteiger partial charge in [0.05, 0.1) is 11.4 Å². The van der Waals surface area contributed by atoms with E-state index in [1.54, 1.807) is 12.4 Å². The molecule has 0 saturated heterocycles. The minimum Gasteiger partial charge on any atom is -0.307 e. The van der Waals surface area contributed by atoms with E-state index >= 15 is 0 Å². The fraction of sp³-hybridized carbons (Fsp3) is 0.714. The van der Waals surface area contributed by atoms with Gasteiger partial charge in [-0.3, -0.25) is 9.97 Å². The van der Waals surface area contributed by atoms with Gasteiger partial charge in [0.1, 0.15) is 0 Å².